The predicted molar refractivity (Wildman–Crippen MR) is 99.5 cm³/mol. The van der Waals surface area contributed by atoms with Crippen molar-refractivity contribution in [1.29, 1.82) is 0 Å². The number of thioether (sulfide) groups is 1. The van der Waals surface area contributed by atoms with Crippen molar-refractivity contribution in [2.75, 3.05) is 32.4 Å². The van der Waals surface area contributed by atoms with Gasteiger partial charge in [-0.15, -0.1) is 11.8 Å². The van der Waals surface area contributed by atoms with Gasteiger partial charge in [0.05, 0.1) is 6.26 Å². The molecule has 138 valence electrons. The molecule has 26 heavy (non-hydrogen) atoms. The topological polar surface area (TPSA) is 63.0 Å². The van der Waals surface area contributed by atoms with Gasteiger partial charge in [0.15, 0.2) is 11.9 Å². The number of nitrogens with zero attached hydrogens (tertiary/aromatic N) is 2. The van der Waals surface area contributed by atoms with Gasteiger partial charge >= 0.3 is 0 Å². The summed E-state index contributed by atoms with van der Waals surface area (Å²) in [6.45, 7) is 3.71. The third-order valence-electron chi connectivity index (χ3n) is 4.33. The van der Waals surface area contributed by atoms with Crippen LogP contribution in [0.4, 0.5) is 0 Å². The monoisotopic (exact) mass is 374 g/mol. The highest BCUT2D eigenvalue weighted by molar-refractivity contribution is 7.98. The molecular formula is C19H22N2O4S. The molecule has 6 nitrogen and oxygen atoms in total. The van der Waals surface area contributed by atoms with Gasteiger partial charge in [0, 0.05) is 31.1 Å². The lowest BCUT2D eigenvalue weighted by Crippen LogP contribution is -2.53. The summed E-state index contributed by atoms with van der Waals surface area (Å²) >= 11 is 1.66. The van der Waals surface area contributed by atoms with E-state index in [0.717, 1.165) is 4.90 Å². The zero-order valence-corrected chi connectivity index (χ0v) is 15.7. The summed E-state index contributed by atoms with van der Waals surface area (Å²) in [5.41, 5.74) is 0. The molecule has 0 radical (unpaired) electrons. The lowest BCUT2D eigenvalue weighted by atomic mass is 10.2. The summed E-state index contributed by atoms with van der Waals surface area (Å²) in [5, 5.41) is 0. The Kier molecular flexibility index (Phi) is 5.88. The van der Waals surface area contributed by atoms with Crippen LogP contribution < -0.4 is 4.74 Å². The van der Waals surface area contributed by atoms with Crippen LogP contribution in [0.2, 0.25) is 0 Å². The molecule has 2 aromatic rings. The van der Waals surface area contributed by atoms with Gasteiger partial charge in [-0.05, 0) is 49.6 Å². The van der Waals surface area contributed by atoms with Crippen molar-refractivity contribution in [3.05, 3.63) is 48.4 Å². The molecule has 3 rings (SSSR count). The largest absolute Gasteiger partial charge is 0.481 e. The van der Waals surface area contributed by atoms with E-state index < -0.39 is 6.10 Å². The zero-order chi connectivity index (χ0) is 18.5. The van der Waals surface area contributed by atoms with Crippen molar-refractivity contribution < 1.29 is 18.7 Å². The maximum Gasteiger partial charge on any atom is 0.289 e. The highest BCUT2D eigenvalue weighted by Crippen LogP contribution is 2.20. The van der Waals surface area contributed by atoms with E-state index in [0.29, 0.717) is 37.7 Å². The van der Waals surface area contributed by atoms with Gasteiger partial charge in [0.25, 0.3) is 11.8 Å². The van der Waals surface area contributed by atoms with E-state index in [1.54, 1.807) is 40.6 Å². The Morgan fingerprint density at radius 3 is 2.31 bits per heavy atom. The SMILES string of the molecule is CSc1ccc(OC(C)C(=O)N2CCN(C(=O)c3ccco3)CC2)cc1. The lowest BCUT2D eigenvalue weighted by Gasteiger charge is -2.35. The number of furan rings is 1. The van der Waals surface area contributed by atoms with Crippen LogP contribution in [0.1, 0.15) is 17.5 Å². The van der Waals surface area contributed by atoms with E-state index in [-0.39, 0.29) is 11.8 Å². The van der Waals surface area contributed by atoms with Gasteiger partial charge in [-0.3, -0.25) is 9.59 Å². The van der Waals surface area contributed by atoms with E-state index in [9.17, 15) is 9.59 Å². The van der Waals surface area contributed by atoms with Crippen molar-refractivity contribution in [3.63, 3.8) is 0 Å². The standard InChI is InChI=1S/C19H22N2O4S/c1-14(25-15-5-7-16(26-2)8-6-15)18(22)20-9-11-21(12-10-20)19(23)17-4-3-13-24-17/h3-8,13-14H,9-12H2,1-2H3. The molecule has 2 amide bonds. The van der Waals surface area contributed by atoms with E-state index in [1.165, 1.54) is 6.26 Å². The number of carbonyl (C=O) groups is 2. The van der Waals surface area contributed by atoms with Crippen LogP contribution in [0.3, 0.4) is 0 Å². The predicted octanol–water partition coefficient (Wildman–Crippen LogP) is 2.75. The number of ether oxygens (including phenoxy) is 1. The molecule has 1 aromatic carbocycles. The second-order valence-corrected chi connectivity index (χ2v) is 6.91. The number of hydrogen-bond acceptors (Lipinski definition) is 5. The molecule has 2 heterocycles. The van der Waals surface area contributed by atoms with E-state index in [1.807, 2.05) is 30.5 Å². The molecule has 1 aliphatic rings. The fourth-order valence-corrected chi connectivity index (χ4v) is 3.26. The number of carbonyl (C=O) groups excluding carboxylic acids is 2. The van der Waals surface area contributed by atoms with Crippen LogP contribution in [0.25, 0.3) is 0 Å². The Labute approximate surface area is 157 Å². The van der Waals surface area contributed by atoms with Gasteiger partial charge < -0.3 is 19.0 Å². The molecule has 1 unspecified atom stereocenters. The summed E-state index contributed by atoms with van der Waals surface area (Å²) in [6, 6.07) is 11.0. The first-order chi connectivity index (χ1) is 12.6. The second-order valence-electron chi connectivity index (χ2n) is 6.03. The maximum absolute atomic E-state index is 12.6. The first-order valence-electron chi connectivity index (χ1n) is 8.51. The first kappa shape index (κ1) is 18.4. The third-order valence-corrected chi connectivity index (χ3v) is 5.07. The highest BCUT2D eigenvalue weighted by Gasteiger charge is 2.29. The maximum atomic E-state index is 12.6. The van der Waals surface area contributed by atoms with Crippen LogP contribution >= 0.6 is 11.8 Å². The number of benzene rings is 1. The van der Waals surface area contributed by atoms with Crippen molar-refractivity contribution in [3.8, 4) is 5.75 Å². The Morgan fingerprint density at radius 1 is 1.08 bits per heavy atom. The van der Waals surface area contributed by atoms with Crippen LogP contribution in [0.5, 0.6) is 5.75 Å². The molecule has 0 aliphatic carbocycles. The molecule has 1 aromatic heterocycles. The van der Waals surface area contributed by atoms with Crippen molar-refractivity contribution in [2.45, 2.75) is 17.9 Å². The fraction of sp³-hybridized carbons (Fsp3) is 0.368. The van der Waals surface area contributed by atoms with Crippen LogP contribution in [-0.4, -0.2) is 60.2 Å². The van der Waals surface area contributed by atoms with Gasteiger partial charge in [-0.2, -0.15) is 0 Å². The molecule has 1 aliphatic heterocycles. The van der Waals surface area contributed by atoms with Crippen LogP contribution in [-0.2, 0) is 4.79 Å². The Bertz CT molecular complexity index is 737. The summed E-state index contributed by atoms with van der Waals surface area (Å²) in [5.74, 6) is 0.801. The molecule has 0 spiro atoms. The Balaban J connectivity index is 1.51. The number of rotatable bonds is 5. The number of hydrogen-bond donors (Lipinski definition) is 0. The average Bonchev–Trinajstić information content (AvgIpc) is 3.22. The summed E-state index contributed by atoms with van der Waals surface area (Å²) in [7, 11) is 0. The quantitative estimate of drug-likeness (QED) is 0.753. The minimum atomic E-state index is -0.567. The fourth-order valence-electron chi connectivity index (χ4n) is 2.85. The van der Waals surface area contributed by atoms with E-state index in [4.69, 9.17) is 9.15 Å². The zero-order valence-electron chi connectivity index (χ0n) is 14.9. The normalized spacial score (nSPS) is 15.6. The van der Waals surface area contributed by atoms with Gasteiger partial charge in [0.2, 0.25) is 0 Å². The van der Waals surface area contributed by atoms with Crippen molar-refractivity contribution >= 4 is 23.6 Å². The molecule has 0 saturated carbocycles. The van der Waals surface area contributed by atoms with Crippen molar-refractivity contribution in [2.24, 2.45) is 0 Å². The number of amides is 2. The van der Waals surface area contributed by atoms with E-state index in [2.05, 4.69) is 0 Å². The molecule has 0 bridgehead atoms. The average molecular weight is 374 g/mol. The summed E-state index contributed by atoms with van der Waals surface area (Å²) < 4.78 is 10.9. The molecule has 1 fully saturated rings. The smallest absolute Gasteiger partial charge is 0.289 e. The highest BCUT2D eigenvalue weighted by atomic mass is 32.2. The first-order valence-corrected chi connectivity index (χ1v) is 9.73. The lowest BCUT2D eigenvalue weighted by molar-refractivity contribution is -0.139. The molecule has 0 N–H and O–H groups in total. The van der Waals surface area contributed by atoms with E-state index >= 15 is 0 Å². The molecule has 1 atom stereocenters. The number of piperazine rings is 1. The third kappa shape index (κ3) is 4.22. The molecular weight excluding hydrogens is 352 g/mol. The second kappa shape index (κ2) is 8.31. The molecule has 1 saturated heterocycles. The van der Waals surface area contributed by atoms with Gasteiger partial charge in [-0.1, -0.05) is 0 Å². The van der Waals surface area contributed by atoms with Crippen LogP contribution in [0.15, 0.2) is 52.0 Å². The Morgan fingerprint density at radius 2 is 1.73 bits per heavy atom. The van der Waals surface area contributed by atoms with Gasteiger partial charge in [-0.25, -0.2) is 0 Å². The Hall–Kier alpha value is -2.41. The minimum Gasteiger partial charge on any atom is -0.481 e. The van der Waals surface area contributed by atoms with Crippen LogP contribution in [0, 0.1) is 0 Å². The van der Waals surface area contributed by atoms with Crippen molar-refractivity contribution in [1.82, 2.24) is 9.80 Å². The minimum absolute atomic E-state index is 0.0657. The summed E-state index contributed by atoms with van der Waals surface area (Å²) in [4.78, 5) is 29.5. The van der Waals surface area contributed by atoms with Gasteiger partial charge in [0.1, 0.15) is 5.75 Å². The summed E-state index contributed by atoms with van der Waals surface area (Å²) in [6.07, 6.45) is 2.93. The molecule has 7 heteroatoms.